The average Bonchev–Trinajstić information content (AvgIpc) is 2.02. The zero-order valence-electron chi connectivity index (χ0n) is 7.98. The molecule has 1 atom stereocenters. The molecule has 1 aliphatic carbocycles. The van der Waals surface area contributed by atoms with Crippen molar-refractivity contribution in [2.75, 3.05) is 0 Å². The Morgan fingerprint density at radius 2 is 2.00 bits per heavy atom. The van der Waals surface area contributed by atoms with Crippen LogP contribution in [-0.4, -0.2) is 5.78 Å². The summed E-state index contributed by atoms with van der Waals surface area (Å²) in [5.74, 6) is 0.898. The van der Waals surface area contributed by atoms with Gasteiger partial charge in [-0.2, -0.15) is 0 Å². The molecule has 0 bridgehead atoms. The molecular formula is C10H18O. The van der Waals surface area contributed by atoms with E-state index in [0.717, 1.165) is 18.4 Å². The van der Waals surface area contributed by atoms with E-state index in [-0.39, 0.29) is 0 Å². The van der Waals surface area contributed by atoms with Crippen LogP contribution in [-0.2, 0) is 4.79 Å². The summed E-state index contributed by atoms with van der Waals surface area (Å²) in [5, 5.41) is 0. The summed E-state index contributed by atoms with van der Waals surface area (Å²) in [7, 11) is 0. The zero-order chi connectivity index (χ0) is 8.85. The number of carbonyl (C=O) groups is 1. The molecule has 11 heavy (non-hydrogen) atoms. The molecule has 0 N–H and O–H groups in total. The van der Waals surface area contributed by atoms with Gasteiger partial charge in [0.1, 0.15) is 0 Å². The minimum atomic E-state index is 0.328. The summed E-state index contributed by atoms with van der Waals surface area (Å²) in [4.78, 5) is 10.9. The van der Waals surface area contributed by atoms with Crippen LogP contribution < -0.4 is 0 Å². The van der Waals surface area contributed by atoms with E-state index in [1.165, 1.54) is 0 Å². The summed E-state index contributed by atoms with van der Waals surface area (Å²) in [6.07, 6.45) is 3.87. The van der Waals surface area contributed by atoms with Gasteiger partial charge in [0.15, 0.2) is 5.78 Å². The first kappa shape index (κ1) is 10.4. The van der Waals surface area contributed by atoms with Crippen LogP contribution in [0.4, 0.5) is 0 Å². The summed E-state index contributed by atoms with van der Waals surface area (Å²) >= 11 is 0. The third kappa shape index (κ3) is 3.35. The molecule has 1 rings (SSSR count). The van der Waals surface area contributed by atoms with Gasteiger partial charge in [-0.15, -0.1) is 0 Å². The standard InChI is InChI=1S/C8H12O.C2H6/c1-6-3-4-7(2)8(9)5-6;1-2/h4,6H,3,5H2,1-2H3;1-2H3/t6-;/m0./s1. The molecule has 0 aromatic heterocycles. The van der Waals surface area contributed by atoms with Crippen LogP contribution in [0.15, 0.2) is 11.6 Å². The lowest BCUT2D eigenvalue weighted by molar-refractivity contribution is -0.116. The van der Waals surface area contributed by atoms with Gasteiger partial charge >= 0.3 is 0 Å². The Kier molecular flexibility index (Phi) is 4.84. The molecule has 1 heteroatoms. The molecular weight excluding hydrogens is 136 g/mol. The first-order valence-corrected chi connectivity index (χ1v) is 4.40. The molecule has 64 valence electrons. The van der Waals surface area contributed by atoms with E-state index >= 15 is 0 Å². The lowest BCUT2D eigenvalue weighted by atomic mass is 9.91. The Balaban J connectivity index is 0.000000461. The molecule has 0 aromatic carbocycles. The largest absolute Gasteiger partial charge is 0.295 e. The fourth-order valence-corrected chi connectivity index (χ4v) is 1.05. The number of hydrogen-bond donors (Lipinski definition) is 0. The van der Waals surface area contributed by atoms with E-state index in [0.29, 0.717) is 11.7 Å². The number of allylic oxidation sites excluding steroid dienone is 2. The normalized spacial score (nSPS) is 23.5. The topological polar surface area (TPSA) is 17.1 Å². The highest BCUT2D eigenvalue weighted by Crippen LogP contribution is 2.18. The molecule has 0 spiro atoms. The van der Waals surface area contributed by atoms with Gasteiger partial charge in [-0.05, 0) is 24.8 Å². The summed E-state index contributed by atoms with van der Waals surface area (Å²) in [6, 6.07) is 0. The smallest absolute Gasteiger partial charge is 0.158 e. The molecule has 0 amide bonds. The molecule has 0 fully saturated rings. The first-order valence-electron chi connectivity index (χ1n) is 4.40. The summed E-state index contributed by atoms with van der Waals surface area (Å²) in [6.45, 7) is 8.01. The third-order valence-electron chi connectivity index (χ3n) is 1.80. The SMILES string of the molecule is CC.CC1=CC[C@H](C)CC1=O. The monoisotopic (exact) mass is 154 g/mol. The highest BCUT2D eigenvalue weighted by atomic mass is 16.1. The van der Waals surface area contributed by atoms with E-state index in [4.69, 9.17) is 0 Å². The van der Waals surface area contributed by atoms with Gasteiger partial charge in [0, 0.05) is 6.42 Å². The fourth-order valence-electron chi connectivity index (χ4n) is 1.05. The van der Waals surface area contributed by atoms with Gasteiger partial charge < -0.3 is 0 Å². The Bertz CT molecular complexity index is 156. The van der Waals surface area contributed by atoms with Crippen molar-refractivity contribution < 1.29 is 4.79 Å². The molecule has 0 aliphatic heterocycles. The van der Waals surface area contributed by atoms with Crippen molar-refractivity contribution in [3.8, 4) is 0 Å². The molecule has 1 aliphatic rings. The number of hydrogen-bond acceptors (Lipinski definition) is 1. The average molecular weight is 154 g/mol. The highest BCUT2D eigenvalue weighted by molar-refractivity contribution is 5.95. The van der Waals surface area contributed by atoms with Gasteiger partial charge in [-0.1, -0.05) is 26.8 Å². The zero-order valence-corrected chi connectivity index (χ0v) is 7.98. The van der Waals surface area contributed by atoms with E-state index in [9.17, 15) is 4.79 Å². The molecule has 0 heterocycles. The van der Waals surface area contributed by atoms with E-state index in [1.54, 1.807) is 0 Å². The Morgan fingerprint density at radius 3 is 2.36 bits per heavy atom. The predicted molar refractivity (Wildman–Crippen MR) is 48.5 cm³/mol. The van der Waals surface area contributed by atoms with Crippen molar-refractivity contribution in [3.05, 3.63) is 11.6 Å². The van der Waals surface area contributed by atoms with Crippen LogP contribution in [0.5, 0.6) is 0 Å². The molecule has 0 radical (unpaired) electrons. The van der Waals surface area contributed by atoms with Crippen LogP contribution in [0.1, 0.15) is 40.5 Å². The Hall–Kier alpha value is -0.590. The maximum atomic E-state index is 10.9. The van der Waals surface area contributed by atoms with Crippen LogP contribution in [0.2, 0.25) is 0 Å². The number of Topliss-reactive ketones (excluding diaryl/α,β-unsaturated/α-hetero) is 1. The van der Waals surface area contributed by atoms with Crippen molar-refractivity contribution in [3.63, 3.8) is 0 Å². The van der Waals surface area contributed by atoms with Gasteiger partial charge in [0.05, 0.1) is 0 Å². The lowest BCUT2D eigenvalue weighted by Crippen LogP contribution is -2.11. The van der Waals surface area contributed by atoms with Gasteiger partial charge in [0.2, 0.25) is 0 Å². The fraction of sp³-hybridized carbons (Fsp3) is 0.700. The van der Waals surface area contributed by atoms with Crippen molar-refractivity contribution in [2.24, 2.45) is 5.92 Å². The maximum Gasteiger partial charge on any atom is 0.158 e. The second-order valence-corrected chi connectivity index (χ2v) is 2.86. The molecule has 1 nitrogen and oxygen atoms in total. The number of ketones is 1. The first-order chi connectivity index (χ1) is 5.20. The quantitative estimate of drug-likeness (QED) is 0.524. The van der Waals surface area contributed by atoms with Crippen LogP contribution >= 0.6 is 0 Å². The van der Waals surface area contributed by atoms with Crippen LogP contribution in [0, 0.1) is 5.92 Å². The second-order valence-electron chi connectivity index (χ2n) is 2.86. The number of rotatable bonds is 0. The van der Waals surface area contributed by atoms with Gasteiger partial charge in [-0.3, -0.25) is 4.79 Å². The molecule has 0 saturated carbocycles. The molecule has 0 unspecified atom stereocenters. The Labute approximate surface area is 69.5 Å². The van der Waals surface area contributed by atoms with Crippen LogP contribution in [0.25, 0.3) is 0 Å². The van der Waals surface area contributed by atoms with Gasteiger partial charge in [-0.25, -0.2) is 0 Å². The van der Waals surface area contributed by atoms with E-state index in [1.807, 2.05) is 26.8 Å². The summed E-state index contributed by atoms with van der Waals surface area (Å²) < 4.78 is 0. The minimum absolute atomic E-state index is 0.328. The molecule has 0 saturated heterocycles. The number of carbonyl (C=O) groups excluding carboxylic acids is 1. The maximum absolute atomic E-state index is 10.9. The highest BCUT2D eigenvalue weighted by Gasteiger charge is 2.14. The van der Waals surface area contributed by atoms with Gasteiger partial charge in [0.25, 0.3) is 0 Å². The summed E-state index contributed by atoms with van der Waals surface area (Å²) in [5.41, 5.74) is 0.952. The minimum Gasteiger partial charge on any atom is -0.295 e. The lowest BCUT2D eigenvalue weighted by Gasteiger charge is -2.13. The van der Waals surface area contributed by atoms with Crippen molar-refractivity contribution in [2.45, 2.75) is 40.5 Å². The van der Waals surface area contributed by atoms with Crippen molar-refractivity contribution >= 4 is 5.78 Å². The van der Waals surface area contributed by atoms with Crippen molar-refractivity contribution in [1.82, 2.24) is 0 Å². The van der Waals surface area contributed by atoms with Crippen molar-refractivity contribution in [1.29, 1.82) is 0 Å². The molecule has 0 aromatic rings. The van der Waals surface area contributed by atoms with E-state index in [2.05, 4.69) is 6.92 Å². The Morgan fingerprint density at radius 1 is 1.45 bits per heavy atom. The van der Waals surface area contributed by atoms with E-state index < -0.39 is 0 Å². The predicted octanol–water partition coefficient (Wildman–Crippen LogP) is 2.96. The van der Waals surface area contributed by atoms with Crippen LogP contribution in [0.3, 0.4) is 0 Å². The second kappa shape index (κ2) is 5.11. The third-order valence-corrected chi connectivity index (χ3v) is 1.80.